The zero-order valence-electron chi connectivity index (χ0n) is 12.8. The standard InChI is InChI=1S/C18H20N2O2/c1-3-6-17(21)19-14-9-11-15(12-10-14)20-18(22)16-8-5-4-7-13(16)2/h4-5,7-12H,3,6H2,1-2H3,(H,19,21)(H,20,22). The van der Waals surface area contributed by atoms with Gasteiger partial charge in [0, 0.05) is 23.4 Å². The Kier molecular flexibility index (Phi) is 5.31. The molecule has 2 rings (SSSR count). The fraction of sp³-hybridized carbons (Fsp3) is 0.222. The van der Waals surface area contributed by atoms with Crippen LogP contribution in [0, 0.1) is 6.92 Å². The summed E-state index contributed by atoms with van der Waals surface area (Å²) in [6.45, 7) is 3.87. The highest BCUT2D eigenvalue weighted by Crippen LogP contribution is 2.16. The first-order chi connectivity index (χ1) is 10.6. The smallest absolute Gasteiger partial charge is 0.255 e. The highest BCUT2D eigenvalue weighted by atomic mass is 16.2. The van der Waals surface area contributed by atoms with Crippen LogP contribution in [0.25, 0.3) is 0 Å². The van der Waals surface area contributed by atoms with Gasteiger partial charge in [0.25, 0.3) is 5.91 Å². The summed E-state index contributed by atoms with van der Waals surface area (Å²) in [4.78, 5) is 23.7. The van der Waals surface area contributed by atoms with Gasteiger partial charge in [-0.1, -0.05) is 25.1 Å². The number of hydrogen-bond donors (Lipinski definition) is 2. The molecule has 0 aliphatic rings. The van der Waals surface area contributed by atoms with E-state index in [1.54, 1.807) is 30.3 Å². The lowest BCUT2D eigenvalue weighted by Crippen LogP contribution is -2.13. The molecule has 2 aromatic rings. The van der Waals surface area contributed by atoms with Crippen molar-refractivity contribution in [1.29, 1.82) is 0 Å². The van der Waals surface area contributed by atoms with Crippen molar-refractivity contribution in [3.05, 3.63) is 59.7 Å². The maximum Gasteiger partial charge on any atom is 0.255 e. The maximum atomic E-state index is 12.2. The summed E-state index contributed by atoms with van der Waals surface area (Å²) in [7, 11) is 0. The number of benzene rings is 2. The summed E-state index contributed by atoms with van der Waals surface area (Å²) in [5.74, 6) is -0.139. The minimum atomic E-state index is -0.138. The predicted molar refractivity (Wildman–Crippen MR) is 89.1 cm³/mol. The monoisotopic (exact) mass is 296 g/mol. The van der Waals surface area contributed by atoms with Crippen molar-refractivity contribution in [3.63, 3.8) is 0 Å². The summed E-state index contributed by atoms with van der Waals surface area (Å²) >= 11 is 0. The average Bonchev–Trinajstić information content (AvgIpc) is 2.50. The molecule has 2 aromatic carbocycles. The number of nitrogens with one attached hydrogen (secondary N) is 2. The van der Waals surface area contributed by atoms with Crippen LogP contribution in [0.2, 0.25) is 0 Å². The van der Waals surface area contributed by atoms with Crippen molar-refractivity contribution in [2.45, 2.75) is 26.7 Å². The second kappa shape index (κ2) is 7.41. The van der Waals surface area contributed by atoms with E-state index in [-0.39, 0.29) is 11.8 Å². The van der Waals surface area contributed by atoms with E-state index in [0.29, 0.717) is 17.7 Å². The molecular formula is C18H20N2O2. The molecule has 0 saturated carbocycles. The van der Waals surface area contributed by atoms with Crippen LogP contribution < -0.4 is 10.6 Å². The van der Waals surface area contributed by atoms with E-state index >= 15 is 0 Å². The van der Waals surface area contributed by atoms with E-state index in [4.69, 9.17) is 0 Å². The second-order valence-corrected chi connectivity index (χ2v) is 5.14. The fourth-order valence-corrected chi connectivity index (χ4v) is 2.11. The predicted octanol–water partition coefficient (Wildman–Crippen LogP) is 3.99. The number of aryl methyl sites for hydroxylation is 1. The minimum Gasteiger partial charge on any atom is -0.326 e. The number of rotatable bonds is 5. The van der Waals surface area contributed by atoms with Gasteiger partial charge in [0.05, 0.1) is 0 Å². The van der Waals surface area contributed by atoms with Gasteiger partial charge in [-0.05, 0) is 49.2 Å². The molecule has 114 valence electrons. The lowest BCUT2D eigenvalue weighted by molar-refractivity contribution is -0.116. The van der Waals surface area contributed by atoms with E-state index in [1.165, 1.54) is 0 Å². The third-order valence-electron chi connectivity index (χ3n) is 3.29. The molecule has 22 heavy (non-hydrogen) atoms. The van der Waals surface area contributed by atoms with Crippen LogP contribution in [0.15, 0.2) is 48.5 Å². The lowest BCUT2D eigenvalue weighted by atomic mass is 10.1. The molecule has 0 fully saturated rings. The van der Waals surface area contributed by atoms with E-state index in [2.05, 4.69) is 10.6 Å². The van der Waals surface area contributed by atoms with Crippen molar-refractivity contribution >= 4 is 23.2 Å². The lowest BCUT2D eigenvalue weighted by Gasteiger charge is -2.09. The minimum absolute atomic E-state index is 0.000745. The molecule has 0 atom stereocenters. The van der Waals surface area contributed by atoms with Crippen LogP contribution in [-0.4, -0.2) is 11.8 Å². The first-order valence-corrected chi connectivity index (χ1v) is 7.37. The van der Waals surface area contributed by atoms with Crippen LogP contribution in [-0.2, 0) is 4.79 Å². The van der Waals surface area contributed by atoms with E-state index in [0.717, 1.165) is 17.7 Å². The Labute approximate surface area is 130 Å². The Morgan fingerprint density at radius 3 is 2.09 bits per heavy atom. The normalized spacial score (nSPS) is 10.1. The summed E-state index contributed by atoms with van der Waals surface area (Å²) in [6.07, 6.45) is 1.32. The second-order valence-electron chi connectivity index (χ2n) is 5.14. The van der Waals surface area contributed by atoms with Gasteiger partial charge in [-0.15, -0.1) is 0 Å². The molecule has 4 heteroatoms. The molecule has 0 saturated heterocycles. The molecule has 2 amide bonds. The van der Waals surface area contributed by atoms with Crippen LogP contribution in [0.5, 0.6) is 0 Å². The Morgan fingerprint density at radius 2 is 1.50 bits per heavy atom. The van der Waals surface area contributed by atoms with Crippen LogP contribution in [0.3, 0.4) is 0 Å². The first kappa shape index (κ1) is 15.8. The van der Waals surface area contributed by atoms with Crippen molar-refractivity contribution < 1.29 is 9.59 Å². The zero-order valence-corrected chi connectivity index (χ0v) is 12.8. The third-order valence-corrected chi connectivity index (χ3v) is 3.29. The number of anilines is 2. The molecule has 0 heterocycles. The molecule has 0 unspecified atom stereocenters. The zero-order chi connectivity index (χ0) is 15.9. The summed E-state index contributed by atoms with van der Waals surface area (Å²) in [5, 5.41) is 5.67. The molecular weight excluding hydrogens is 276 g/mol. The van der Waals surface area contributed by atoms with Gasteiger partial charge in [-0.2, -0.15) is 0 Å². The van der Waals surface area contributed by atoms with Crippen LogP contribution in [0.4, 0.5) is 11.4 Å². The molecule has 2 N–H and O–H groups in total. The van der Waals surface area contributed by atoms with Crippen molar-refractivity contribution in [2.24, 2.45) is 0 Å². The van der Waals surface area contributed by atoms with Gasteiger partial charge in [0.1, 0.15) is 0 Å². The molecule has 0 aromatic heterocycles. The van der Waals surface area contributed by atoms with Gasteiger partial charge in [-0.25, -0.2) is 0 Å². The summed E-state index contributed by atoms with van der Waals surface area (Å²) in [5.41, 5.74) is 3.01. The third kappa shape index (κ3) is 4.19. The molecule has 0 aliphatic heterocycles. The Balaban J connectivity index is 2.01. The largest absolute Gasteiger partial charge is 0.326 e. The Morgan fingerprint density at radius 1 is 0.909 bits per heavy atom. The number of hydrogen-bond acceptors (Lipinski definition) is 2. The van der Waals surface area contributed by atoms with Gasteiger partial charge in [0.15, 0.2) is 0 Å². The molecule has 0 spiro atoms. The topological polar surface area (TPSA) is 58.2 Å². The van der Waals surface area contributed by atoms with Gasteiger partial charge >= 0.3 is 0 Å². The van der Waals surface area contributed by atoms with E-state index in [9.17, 15) is 9.59 Å². The van der Waals surface area contributed by atoms with Crippen molar-refractivity contribution in [1.82, 2.24) is 0 Å². The highest BCUT2D eigenvalue weighted by Gasteiger charge is 2.08. The highest BCUT2D eigenvalue weighted by molar-refractivity contribution is 6.05. The van der Waals surface area contributed by atoms with Crippen LogP contribution >= 0.6 is 0 Å². The van der Waals surface area contributed by atoms with E-state index in [1.807, 2.05) is 32.0 Å². The van der Waals surface area contributed by atoms with Crippen LogP contribution in [0.1, 0.15) is 35.7 Å². The molecule has 4 nitrogen and oxygen atoms in total. The fourth-order valence-electron chi connectivity index (χ4n) is 2.11. The summed E-state index contributed by atoms with van der Waals surface area (Å²) in [6, 6.07) is 14.6. The summed E-state index contributed by atoms with van der Waals surface area (Å²) < 4.78 is 0. The molecule has 0 radical (unpaired) electrons. The number of amides is 2. The number of carbonyl (C=O) groups is 2. The van der Waals surface area contributed by atoms with E-state index < -0.39 is 0 Å². The van der Waals surface area contributed by atoms with Gasteiger partial charge in [0.2, 0.25) is 5.91 Å². The Hall–Kier alpha value is -2.62. The van der Waals surface area contributed by atoms with Gasteiger partial charge in [-0.3, -0.25) is 9.59 Å². The average molecular weight is 296 g/mol. The number of carbonyl (C=O) groups excluding carboxylic acids is 2. The first-order valence-electron chi connectivity index (χ1n) is 7.37. The molecule has 0 aliphatic carbocycles. The Bertz CT molecular complexity index is 663. The quantitative estimate of drug-likeness (QED) is 0.876. The molecule has 0 bridgehead atoms. The van der Waals surface area contributed by atoms with Crippen molar-refractivity contribution in [2.75, 3.05) is 10.6 Å². The maximum absolute atomic E-state index is 12.2. The van der Waals surface area contributed by atoms with Gasteiger partial charge < -0.3 is 10.6 Å². The SMILES string of the molecule is CCCC(=O)Nc1ccc(NC(=O)c2ccccc2C)cc1. The van der Waals surface area contributed by atoms with Crippen molar-refractivity contribution in [3.8, 4) is 0 Å².